The lowest BCUT2D eigenvalue weighted by atomic mass is 10.1. The maximum absolute atomic E-state index is 5.45. The van der Waals surface area contributed by atoms with E-state index in [1.165, 1.54) is 0 Å². The molecule has 0 fully saturated rings. The van der Waals surface area contributed by atoms with E-state index in [-0.39, 0.29) is 6.04 Å². The molecule has 1 atom stereocenters. The second kappa shape index (κ2) is 4.63. The molecule has 1 rings (SSSR count). The van der Waals surface area contributed by atoms with Gasteiger partial charge in [0.05, 0.1) is 6.04 Å². The highest BCUT2D eigenvalue weighted by molar-refractivity contribution is 9.10. The molecule has 0 aliphatic carbocycles. The van der Waals surface area contributed by atoms with E-state index >= 15 is 0 Å². The van der Waals surface area contributed by atoms with Crippen LogP contribution in [-0.4, -0.2) is 6.54 Å². The van der Waals surface area contributed by atoms with Crippen molar-refractivity contribution in [3.8, 4) is 0 Å². The molecule has 3 heteroatoms. The van der Waals surface area contributed by atoms with Crippen molar-refractivity contribution in [2.24, 2.45) is 0 Å². The molecule has 1 aromatic rings. The third kappa shape index (κ3) is 2.71. The van der Waals surface area contributed by atoms with Gasteiger partial charge in [0.1, 0.15) is 5.76 Å². The SMILES string of the molecule is C=C(C)C(NCC)c1ccc(Br)o1. The summed E-state index contributed by atoms with van der Waals surface area (Å²) in [7, 11) is 0. The van der Waals surface area contributed by atoms with Crippen LogP contribution in [0.2, 0.25) is 0 Å². The van der Waals surface area contributed by atoms with E-state index in [2.05, 4.69) is 34.7 Å². The molecule has 13 heavy (non-hydrogen) atoms. The van der Waals surface area contributed by atoms with E-state index < -0.39 is 0 Å². The van der Waals surface area contributed by atoms with Crippen molar-refractivity contribution in [2.75, 3.05) is 6.54 Å². The lowest BCUT2D eigenvalue weighted by Gasteiger charge is -2.14. The number of hydrogen-bond donors (Lipinski definition) is 1. The van der Waals surface area contributed by atoms with Gasteiger partial charge in [0, 0.05) is 0 Å². The Morgan fingerprint density at radius 1 is 1.69 bits per heavy atom. The maximum atomic E-state index is 5.45. The molecule has 0 saturated carbocycles. The van der Waals surface area contributed by atoms with Gasteiger partial charge in [-0.2, -0.15) is 0 Å². The number of furan rings is 1. The zero-order chi connectivity index (χ0) is 9.84. The van der Waals surface area contributed by atoms with Gasteiger partial charge in [-0.3, -0.25) is 0 Å². The van der Waals surface area contributed by atoms with Crippen LogP contribution in [0, 0.1) is 0 Å². The third-order valence-corrected chi connectivity index (χ3v) is 2.21. The molecule has 0 amide bonds. The summed E-state index contributed by atoms with van der Waals surface area (Å²) < 4.78 is 6.21. The van der Waals surface area contributed by atoms with E-state index in [0.29, 0.717) is 0 Å². The summed E-state index contributed by atoms with van der Waals surface area (Å²) in [6.45, 7) is 8.87. The zero-order valence-electron chi connectivity index (χ0n) is 7.93. The first-order chi connectivity index (χ1) is 6.15. The van der Waals surface area contributed by atoms with Crippen LogP contribution < -0.4 is 5.32 Å². The summed E-state index contributed by atoms with van der Waals surface area (Å²) >= 11 is 3.28. The van der Waals surface area contributed by atoms with Gasteiger partial charge in [-0.1, -0.05) is 19.1 Å². The summed E-state index contributed by atoms with van der Waals surface area (Å²) in [4.78, 5) is 0. The normalized spacial score (nSPS) is 12.8. The van der Waals surface area contributed by atoms with E-state index in [4.69, 9.17) is 4.42 Å². The molecule has 72 valence electrons. The lowest BCUT2D eigenvalue weighted by Crippen LogP contribution is -2.20. The van der Waals surface area contributed by atoms with Crippen LogP contribution in [0.1, 0.15) is 25.6 Å². The smallest absolute Gasteiger partial charge is 0.169 e. The summed E-state index contributed by atoms with van der Waals surface area (Å²) in [6, 6.07) is 3.96. The molecule has 0 aliphatic rings. The molecule has 0 saturated heterocycles. The van der Waals surface area contributed by atoms with Gasteiger partial charge in [-0.15, -0.1) is 0 Å². The molecule has 0 aromatic carbocycles. The fourth-order valence-electron chi connectivity index (χ4n) is 1.21. The summed E-state index contributed by atoms with van der Waals surface area (Å²) in [6.07, 6.45) is 0. The van der Waals surface area contributed by atoms with Crippen LogP contribution >= 0.6 is 15.9 Å². The Hall–Kier alpha value is -0.540. The van der Waals surface area contributed by atoms with Crippen molar-refractivity contribution in [2.45, 2.75) is 19.9 Å². The Morgan fingerprint density at radius 3 is 2.77 bits per heavy atom. The van der Waals surface area contributed by atoms with Gasteiger partial charge in [-0.25, -0.2) is 0 Å². The number of halogens is 1. The maximum Gasteiger partial charge on any atom is 0.169 e. The average molecular weight is 244 g/mol. The van der Waals surface area contributed by atoms with Crippen LogP contribution in [0.5, 0.6) is 0 Å². The average Bonchev–Trinajstić information content (AvgIpc) is 2.46. The minimum Gasteiger partial charge on any atom is -0.452 e. The molecule has 0 aliphatic heterocycles. The number of hydrogen-bond acceptors (Lipinski definition) is 2. The Kier molecular flexibility index (Phi) is 3.75. The highest BCUT2D eigenvalue weighted by Crippen LogP contribution is 2.24. The first-order valence-corrected chi connectivity index (χ1v) is 5.08. The Labute approximate surface area is 87.1 Å². The van der Waals surface area contributed by atoms with Crippen molar-refractivity contribution in [3.63, 3.8) is 0 Å². The molecule has 1 unspecified atom stereocenters. The van der Waals surface area contributed by atoms with Gasteiger partial charge in [-0.05, 0) is 41.5 Å². The number of rotatable bonds is 4. The quantitative estimate of drug-likeness (QED) is 0.822. The molecule has 1 N–H and O–H groups in total. The van der Waals surface area contributed by atoms with Crippen LogP contribution in [0.15, 0.2) is 33.4 Å². The standard InChI is InChI=1S/C10H14BrNO/c1-4-12-10(7(2)3)8-5-6-9(11)13-8/h5-6,10,12H,2,4H2,1,3H3. The molecule has 0 bridgehead atoms. The number of nitrogens with one attached hydrogen (secondary N) is 1. The van der Waals surface area contributed by atoms with E-state index in [1.54, 1.807) is 0 Å². The summed E-state index contributed by atoms with van der Waals surface area (Å²) in [5.41, 5.74) is 1.06. The Bertz CT molecular complexity index is 293. The van der Waals surface area contributed by atoms with Gasteiger partial charge in [0.25, 0.3) is 0 Å². The van der Waals surface area contributed by atoms with Crippen LogP contribution in [0.3, 0.4) is 0 Å². The first-order valence-electron chi connectivity index (χ1n) is 4.29. The van der Waals surface area contributed by atoms with Crippen LogP contribution in [0.4, 0.5) is 0 Å². The second-order valence-corrected chi connectivity index (χ2v) is 3.76. The second-order valence-electron chi connectivity index (χ2n) is 2.98. The van der Waals surface area contributed by atoms with Crippen LogP contribution in [-0.2, 0) is 0 Å². The first kappa shape index (κ1) is 10.5. The summed E-state index contributed by atoms with van der Waals surface area (Å²) in [5.74, 6) is 0.904. The number of likely N-dealkylation sites (N-methyl/N-ethyl adjacent to an activating group) is 1. The topological polar surface area (TPSA) is 25.2 Å². The van der Waals surface area contributed by atoms with Crippen molar-refractivity contribution < 1.29 is 4.42 Å². The molecular formula is C10H14BrNO. The molecule has 1 aromatic heterocycles. The van der Waals surface area contributed by atoms with Crippen molar-refractivity contribution in [3.05, 3.63) is 34.7 Å². The van der Waals surface area contributed by atoms with E-state index in [0.717, 1.165) is 22.5 Å². The van der Waals surface area contributed by atoms with Crippen molar-refractivity contribution in [1.82, 2.24) is 5.32 Å². The highest BCUT2D eigenvalue weighted by Gasteiger charge is 2.14. The van der Waals surface area contributed by atoms with Gasteiger partial charge in [0.15, 0.2) is 4.67 Å². The summed E-state index contributed by atoms with van der Waals surface area (Å²) in [5, 5.41) is 3.30. The third-order valence-electron chi connectivity index (χ3n) is 1.78. The molecule has 2 nitrogen and oxygen atoms in total. The fourth-order valence-corrected chi connectivity index (χ4v) is 1.52. The Morgan fingerprint density at radius 2 is 2.38 bits per heavy atom. The predicted octanol–water partition coefficient (Wildman–Crippen LogP) is 3.27. The predicted molar refractivity (Wildman–Crippen MR) is 57.6 cm³/mol. The molecule has 1 heterocycles. The fraction of sp³-hybridized carbons (Fsp3) is 0.400. The molecule has 0 spiro atoms. The molecular weight excluding hydrogens is 230 g/mol. The van der Waals surface area contributed by atoms with Gasteiger partial charge < -0.3 is 9.73 Å². The molecule has 0 radical (unpaired) electrons. The van der Waals surface area contributed by atoms with Crippen LogP contribution in [0.25, 0.3) is 0 Å². The van der Waals surface area contributed by atoms with E-state index in [1.807, 2.05) is 19.1 Å². The lowest BCUT2D eigenvalue weighted by molar-refractivity contribution is 0.434. The minimum atomic E-state index is 0.122. The monoisotopic (exact) mass is 243 g/mol. The highest BCUT2D eigenvalue weighted by atomic mass is 79.9. The van der Waals surface area contributed by atoms with Gasteiger partial charge >= 0.3 is 0 Å². The van der Waals surface area contributed by atoms with Gasteiger partial charge in [0.2, 0.25) is 0 Å². The van der Waals surface area contributed by atoms with Crippen molar-refractivity contribution in [1.29, 1.82) is 0 Å². The zero-order valence-corrected chi connectivity index (χ0v) is 9.52. The van der Waals surface area contributed by atoms with E-state index in [9.17, 15) is 0 Å². The Balaban J connectivity index is 2.81. The largest absolute Gasteiger partial charge is 0.452 e. The minimum absolute atomic E-state index is 0.122. The van der Waals surface area contributed by atoms with Crippen molar-refractivity contribution >= 4 is 15.9 Å².